The van der Waals surface area contributed by atoms with E-state index >= 15 is 0 Å². The maximum atomic E-state index is 6.49. The van der Waals surface area contributed by atoms with Crippen molar-refractivity contribution in [3.63, 3.8) is 0 Å². The minimum atomic E-state index is -1.90. The second kappa shape index (κ2) is 8.45. The zero-order chi connectivity index (χ0) is 25.3. The highest BCUT2D eigenvalue weighted by Gasteiger charge is 2.55. The Hall–Kier alpha value is -1.64. The Kier molecular flexibility index (Phi) is 6.04. The molecule has 0 radical (unpaired) electrons. The van der Waals surface area contributed by atoms with E-state index in [1.165, 1.54) is 5.56 Å². The molecule has 5 rings (SSSR count). The molecule has 2 aliphatic rings. The second-order valence-corrected chi connectivity index (χ2v) is 17.1. The van der Waals surface area contributed by atoms with E-state index in [1.54, 1.807) is 0 Å². The van der Waals surface area contributed by atoms with Gasteiger partial charge in [-0.2, -0.15) is 4.98 Å². The topological polar surface area (TPSA) is 58.4 Å². The average Bonchev–Trinajstić information content (AvgIpc) is 3.38. The normalized spacial score (nSPS) is 26.3. The van der Waals surface area contributed by atoms with Crippen LogP contribution >= 0.6 is 23.2 Å². The third-order valence-corrected chi connectivity index (χ3v) is 12.6. The Bertz CT molecular complexity index is 1250. The van der Waals surface area contributed by atoms with E-state index in [0.29, 0.717) is 10.8 Å². The minimum Gasteiger partial charge on any atom is -0.544 e. The smallest absolute Gasteiger partial charge is 0.250 e. The van der Waals surface area contributed by atoms with Crippen LogP contribution in [0.25, 0.3) is 11.0 Å². The molecule has 4 atom stereocenters. The Labute approximate surface area is 218 Å². The van der Waals surface area contributed by atoms with Crippen molar-refractivity contribution in [1.29, 1.82) is 0 Å². The Morgan fingerprint density at radius 3 is 2.34 bits per heavy atom. The largest absolute Gasteiger partial charge is 0.544 e. The molecule has 0 N–H and O–H groups in total. The molecule has 0 bridgehead atoms. The van der Waals surface area contributed by atoms with Crippen LogP contribution in [-0.4, -0.2) is 40.8 Å². The summed E-state index contributed by atoms with van der Waals surface area (Å²) in [6, 6.07) is 10.5. The molecule has 35 heavy (non-hydrogen) atoms. The van der Waals surface area contributed by atoms with Crippen LogP contribution < -0.4 is 4.43 Å². The van der Waals surface area contributed by atoms with Gasteiger partial charge in [-0.1, -0.05) is 44.5 Å². The first-order valence-corrected chi connectivity index (χ1v) is 15.8. The summed E-state index contributed by atoms with van der Waals surface area (Å²) < 4.78 is 21.5. The quantitative estimate of drug-likeness (QED) is 0.199. The summed E-state index contributed by atoms with van der Waals surface area (Å²) in [5.74, 6) is 0.428. The highest BCUT2D eigenvalue weighted by Crippen LogP contribution is 2.51. The lowest BCUT2D eigenvalue weighted by Gasteiger charge is -2.36. The zero-order valence-corrected chi connectivity index (χ0v) is 23.8. The van der Waals surface area contributed by atoms with Crippen molar-refractivity contribution in [2.75, 3.05) is 0 Å². The average molecular weight is 535 g/mol. The number of halogens is 2. The fourth-order valence-corrected chi connectivity index (χ4v) is 6.49. The molecule has 1 aliphatic heterocycles. The van der Waals surface area contributed by atoms with Gasteiger partial charge in [0.1, 0.15) is 22.7 Å². The third kappa shape index (κ3) is 4.50. The standard InChI is InChI=1S/C26H33Cl2N3O3Si/c1-25(2,3)35(6,7)34-16-10-8-15(9-11-16)18-14-19(21-20(18)32-26(4,5)33-21)31-13-12-17-22(27)29-24(28)30-23(17)31/h8-13,18-21H,14H2,1-7H3/t18-,19-,20-,21+/m1/s1. The van der Waals surface area contributed by atoms with E-state index in [1.807, 2.05) is 26.1 Å². The summed E-state index contributed by atoms with van der Waals surface area (Å²) in [7, 11) is -1.90. The number of hydrogen-bond donors (Lipinski definition) is 0. The first-order chi connectivity index (χ1) is 16.3. The van der Waals surface area contributed by atoms with Gasteiger partial charge < -0.3 is 18.5 Å². The Morgan fingerprint density at radius 2 is 1.69 bits per heavy atom. The summed E-state index contributed by atoms with van der Waals surface area (Å²) in [6.45, 7) is 15.2. The van der Waals surface area contributed by atoms with E-state index in [0.717, 1.165) is 17.6 Å². The number of aromatic nitrogens is 3. The van der Waals surface area contributed by atoms with Crippen LogP contribution in [0.1, 0.15) is 58.6 Å². The van der Waals surface area contributed by atoms with Gasteiger partial charge in [-0.25, -0.2) is 4.98 Å². The molecule has 1 saturated carbocycles. The number of ether oxygens (including phenoxy) is 2. The molecule has 2 aromatic heterocycles. The first-order valence-electron chi connectivity index (χ1n) is 12.1. The zero-order valence-electron chi connectivity index (χ0n) is 21.3. The number of nitrogens with zero attached hydrogens (tertiary/aromatic N) is 3. The fourth-order valence-electron chi connectivity index (χ4n) is 5.02. The van der Waals surface area contributed by atoms with E-state index in [4.69, 9.17) is 37.1 Å². The van der Waals surface area contributed by atoms with Gasteiger partial charge >= 0.3 is 0 Å². The van der Waals surface area contributed by atoms with E-state index < -0.39 is 14.1 Å². The molecule has 9 heteroatoms. The van der Waals surface area contributed by atoms with Gasteiger partial charge in [0.2, 0.25) is 13.6 Å². The van der Waals surface area contributed by atoms with Crippen molar-refractivity contribution in [2.45, 2.75) is 89.1 Å². The highest BCUT2D eigenvalue weighted by molar-refractivity contribution is 6.74. The summed E-state index contributed by atoms with van der Waals surface area (Å²) >= 11 is 12.5. The van der Waals surface area contributed by atoms with Crippen LogP contribution in [0.4, 0.5) is 0 Å². The van der Waals surface area contributed by atoms with Crippen molar-refractivity contribution in [3.8, 4) is 5.75 Å². The fraction of sp³-hybridized carbons (Fsp3) is 0.538. The SMILES string of the molecule is CC1(C)O[C@@H]2[C@H](O1)[C@@H](c1ccc(O[Si](C)(C)C(C)(C)C)cc1)C[C@H]2n1ccc2c(Cl)nc(Cl)nc21. The van der Waals surface area contributed by atoms with Crippen LogP contribution in [0.2, 0.25) is 28.6 Å². The molecule has 0 spiro atoms. The summed E-state index contributed by atoms with van der Waals surface area (Å²) in [5, 5.41) is 1.41. The molecular weight excluding hydrogens is 501 g/mol. The number of hydrogen-bond acceptors (Lipinski definition) is 5. The molecule has 2 fully saturated rings. The van der Waals surface area contributed by atoms with Gasteiger partial charge in [0.25, 0.3) is 0 Å². The van der Waals surface area contributed by atoms with E-state index in [9.17, 15) is 0 Å². The lowest BCUT2D eigenvalue weighted by atomic mass is 9.95. The molecule has 1 saturated heterocycles. The van der Waals surface area contributed by atoms with E-state index in [-0.39, 0.29) is 34.5 Å². The summed E-state index contributed by atoms with van der Waals surface area (Å²) in [4.78, 5) is 8.56. The molecule has 1 aliphatic carbocycles. The Balaban J connectivity index is 1.46. The van der Waals surface area contributed by atoms with Gasteiger partial charge in [0.05, 0.1) is 17.5 Å². The van der Waals surface area contributed by atoms with Crippen LogP contribution in [0.3, 0.4) is 0 Å². The molecule has 3 heterocycles. The molecule has 6 nitrogen and oxygen atoms in total. The molecule has 188 valence electrons. The van der Waals surface area contributed by atoms with Crippen molar-refractivity contribution < 1.29 is 13.9 Å². The van der Waals surface area contributed by atoms with Gasteiger partial charge in [0.15, 0.2) is 5.79 Å². The number of rotatable bonds is 4. The maximum Gasteiger partial charge on any atom is 0.250 e. The number of fused-ring (bicyclic) bond motifs is 2. The molecule has 3 aromatic rings. The van der Waals surface area contributed by atoms with Crippen LogP contribution in [0.5, 0.6) is 5.75 Å². The summed E-state index contributed by atoms with van der Waals surface area (Å²) in [6.07, 6.45) is 2.64. The Morgan fingerprint density at radius 1 is 1.03 bits per heavy atom. The molecule has 0 unspecified atom stereocenters. The predicted molar refractivity (Wildman–Crippen MR) is 142 cm³/mol. The lowest BCUT2D eigenvalue weighted by Crippen LogP contribution is -2.43. The molecule has 1 aromatic carbocycles. The van der Waals surface area contributed by atoms with Gasteiger partial charge in [-0.3, -0.25) is 0 Å². The maximum absolute atomic E-state index is 6.49. The predicted octanol–water partition coefficient (Wildman–Crippen LogP) is 7.37. The van der Waals surface area contributed by atoms with Gasteiger partial charge in [-0.15, -0.1) is 0 Å². The van der Waals surface area contributed by atoms with Crippen molar-refractivity contribution in [1.82, 2.24) is 14.5 Å². The van der Waals surface area contributed by atoms with Crippen molar-refractivity contribution in [3.05, 3.63) is 52.5 Å². The van der Waals surface area contributed by atoms with Crippen LogP contribution in [0, 0.1) is 0 Å². The van der Waals surface area contributed by atoms with Crippen LogP contribution in [0.15, 0.2) is 36.5 Å². The number of benzene rings is 1. The first kappa shape index (κ1) is 25.0. The highest BCUT2D eigenvalue weighted by atomic mass is 35.5. The van der Waals surface area contributed by atoms with Gasteiger partial charge in [-0.05, 0) is 73.8 Å². The van der Waals surface area contributed by atoms with Gasteiger partial charge in [0, 0.05) is 12.1 Å². The summed E-state index contributed by atoms with van der Waals surface area (Å²) in [5.41, 5.74) is 1.93. The van der Waals surface area contributed by atoms with Crippen molar-refractivity contribution in [2.24, 2.45) is 0 Å². The van der Waals surface area contributed by atoms with Crippen LogP contribution in [-0.2, 0) is 9.47 Å². The minimum absolute atomic E-state index is 0.0227. The third-order valence-electron chi connectivity index (χ3n) is 7.78. The van der Waals surface area contributed by atoms with E-state index in [2.05, 4.69) is 72.7 Å². The monoisotopic (exact) mass is 533 g/mol. The lowest BCUT2D eigenvalue weighted by molar-refractivity contribution is -0.157. The molecule has 0 amide bonds. The second-order valence-electron chi connectivity index (χ2n) is 11.6. The molecular formula is C26H33Cl2N3O3Si. The van der Waals surface area contributed by atoms with Crippen molar-refractivity contribution >= 4 is 42.6 Å².